The van der Waals surface area contributed by atoms with E-state index in [1.165, 1.54) is 0 Å². The number of nitrogens with one attached hydrogen (secondary N) is 1. The summed E-state index contributed by atoms with van der Waals surface area (Å²) >= 11 is 0. The number of anilines is 1. The third kappa shape index (κ3) is 4.49. The van der Waals surface area contributed by atoms with E-state index in [1.54, 1.807) is 7.11 Å². The van der Waals surface area contributed by atoms with Crippen LogP contribution >= 0.6 is 0 Å². The van der Waals surface area contributed by atoms with Gasteiger partial charge in [0, 0.05) is 56.1 Å². The summed E-state index contributed by atoms with van der Waals surface area (Å²) in [5, 5.41) is 26.0. The predicted octanol–water partition coefficient (Wildman–Crippen LogP) is 3.18. The molecule has 1 aliphatic rings. The molecule has 0 spiro atoms. The van der Waals surface area contributed by atoms with Gasteiger partial charge in [0.2, 0.25) is 0 Å². The van der Waals surface area contributed by atoms with Crippen LogP contribution in [0.4, 0.5) is 5.82 Å². The van der Waals surface area contributed by atoms with Crippen LogP contribution in [-0.4, -0.2) is 76.6 Å². The minimum atomic E-state index is 0.192. The molecule has 3 aromatic heterocycles. The first-order chi connectivity index (χ1) is 17.6. The minimum absolute atomic E-state index is 0.192. The third-order valence-corrected chi connectivity index (χ3v) is 6.82. The number of piperazine rings is 1. The SMILES string of the molecule is COc1cc2[nH]nc(-c3ccc(N4CCN(CCO)CC4)nc3)c2nc1-c1cccc(CC#N)c1C. The lowest BCUT2D eigenvalue weighted by Crippen LogP contribution is -2.47. The van der Waals surface area contributed by atoms with Crippen molar-refractivity contribution in [2.24, 2.45) is 0 Å². The number of aliphatic hydroxyl groups is 1. The van der Waals surface area contributed by atoms with Gasteiger partial charge in [-0.05, 0) is 30.2 Å². The predicted molar refractivity (Wildman–Crippen MR) is 139 cm³/mol. The zero-order chi connectivity index (χ0) is 25.1. The van der Waals surface area contributed by atoms with Crippen molar-refractivity contribution in [2.45, 2.75) is 13.3 Å². The number of rotatable bonds is 7. The first-order valence-corrected chi connectivity index (χ1v) is 12.1. The van der Waals surface area contributed by atoms with Crippen molar-refractivity contribution in [1.29, 1.82) is 5.26 Å². The molecule has 1 fully saturated rings. The Morgan fingerprint density at radius 1 is 1.14 bits per heavy atom. The van der Waals surface area contributed by atoms with E-state index >= 15 is 0 Å². The fourth-order valence-corrected chi connectivity index (χ4v) is 4.75. The molecule has 2 N–H and O–H groups in total. The molecular formula is C27H29N7O2. The fraction of sp³-hybridized carbons (Fsp3) is 0.333. The normalized spacial score (nSPS) is 14.2. The van der Waals surface area contributed by atoms with Crippen molar-refractivity contribution in [3.8, 4) is 34.3 Å². The molecule has 4 aromatic rings. The molecule has 184 valence electrons. The van der Waals surface area contributed by atoms with E-state index < -0.39 is 0 Å². The Morgan fingerprint density at radius 2 is 1.97 bits per heavy atom. The Labute approximate surface area is 210 Å². The second-order valence-corrected chi connectivity index (χ2v) is 8.89. The number of pyridine rings is 2. The number of fused-ring (bicyclic) bond motifs is 1. The van der Waals surface area contributed by atoms with Gasteiger partial charge in [0.15, 0.2) is 0 Å². The van der Waals surface area contributed by atoms with E-state index in [2.05, 4.69) is 26.1 Å². The van der Waals surface area contributed by atoms with Crippen LogP contribution in [0.3, 0.4) is 0 Å². The molecule has 9 heteroatoms. The van der Waals surface area contributed by atoms with Gasteiger partial charge in [-0.15, -0.1) is 0 Å². The molecule has 1 saturated heterocycles. The first kappa shape index (κ1) is 23.7. The number of aromatic nitrogens is 4. The number of ether oxygens (including phenoxy) is 1. The highest BCUT2D eigenvalue weighted by molar-refractivity contribution is 5.93. The Hall–Kier alpha value is -4.00. The summed E-state index contributed by atoms with van der Waals surface area (Å²) < 4.78 is 5.67. The summed E-state index contributed by atoms with van der Waals surface area (Å²) in [6.45, 7) is 6.51. The number of nitriles is 1. The molecule has 0 aliphatic carbocycles. The monoisotopic (exact) mass is 483 g/mol. The van der Waals surface area contributed by atoms with Gasteiger partial charge in [-0.2, -0.15) is 10.4 Å². The van der Waals surface area contributed by atoms with Crippen molar-refractivity contribution in [3.05, 3.63) is 53.7 Å². The van der Waals surface area contributed by atoms with E-state index in [-0.39, 0.29) is 6.61 Å². The molecule has 0 amide bonds. The lowest BCUT2D eigenvalue weighted by atomic mass is 9.97. The number of hydrogen-bond acceptors (Lipinski definition) is 8. The summed E-state index contributed by atoms with van der Waals surface area (Å²) in [7, 11) is 1.63. The molecule has 0 atom stereocenters. The number of β-amino-alcohol motifs (C(OH)–C–C–N with tert-alkyl or cyclic N) is 1. The molecule has 4 heterocycles. The van der Waals surface area contributed by atoms with Gasteiger partial charge in [0.05, 0.1) is 31.7 Å². The van der Waals surface area contributed by atoms with E-state index in [0.29, 0.717) is 18.7 Å². The number of hydrogen-bond donors (Lipinski definition) is 2. The van der Waals surface area contributed by atoms with E-state index in [1.807, 2.05) is 49.5 Å². The standard InChI is InChI=1S/C27H29N7O2/c1-18-19(8-9-28)4-3-5-21(18)26-23(36-2)16-22-27(30-26)25(32-31-22)20-6-7-24(29-17-20)34-12-10-33(11-13-34)14-15-35/h3-7,16-17,35H,8,10-15H2,1-2H3,(H,31,32). The fourth-order valence-electron chi connectivity index (χ4n) is 4.75. The molecule has 36 heavy (non-hydrogen) atoms. The Bertz CT molecular complexity index is 1400. The first-order valence-electron chi connectivity index (χ1n) is 12.1. The number of H-pyrrole nitrogens is 1. The second kappa shape index (κ2) is 10.3. The van der Waals surface area contributed by atoms with Crippen LogP contribution in [0.15, 0.2) is 42.6 Å². The van der Waals surface area contributed by atoms with Gasteiger partial charge >= 0.3 is 0 Å². The zero-order valence-electron chi connectivity index (χ0n) is 20.5. The smallest absolute Gasteiger partial charge is 0.147 e. The number of aliphatic hydroxyl groups excluding tert-OH is 1. The van der Waals surface area contributed by atoms with Crippen molar-refractivity contribution >= 4 is 16.9 Å². The van der Waals surface area contributed by atoms with Gasteiger partial charge in [0.25, 0.3) is 0 Å². The van der Waals surface area contributed by atoms with Crippen LogP contribution in [0.5, 0.6) is 5.75 Å². The van der Waals surface area contributed by atoms with Crippen molar-refractivity contribution in [2.75, 3.05) is 51.3 Å². The van der Waals surface area contributed by atoms with Gasteiger partial charge < -0.3 is 14.7 Å². The highest BCUT2D eigenvalue weighted by Crippen LogP contribution is 2.36. The van der Waals surface area contributed by atoms with Crippen LogP contribution in [0, 0.1) is 18.3 Å². The van der Waals surface area contributed by atoms with Crippen molar-refractivity contribution in [1.82, 2.24) is 25.1 Å². The Kier molecular flexibility index (Phi) is 6.80. The molecule has 0 radical (unpaired) electrons. The molecular weight excluding hydrogens is 454 g/mol. The van der Waals surface area contributed by atoms with Gasteiger partial charge in [-0.3, -0.25) is 10.00 Å². The zero-order valence-corrected chi connectivity index (χ0v) is 20.5. The quantitative estimate of drug-likeness (QED) is 0.412. The second-order valence-electron chi connectivity index (χ2n) is 8.89. The Balaban J connectivity index is 1.48. The average Bonchev–Trinajstić information content (AvgIpc) is 3.33. The summed E-state index contributed by atoms with van der Waals surface area (Å²) in [6, 6.07) is 14.1. The summed E-state index contributed by atoms with van der Waals surface area (Å²) in [4.78, 5) is 14.2. The Morgan fingerprint density at radius 3 is 2.67 bits per heavy atom. The minimum Gasteiger partial charge on any atom is -0.494 e. The van der Waals surface area contributed by atoms with Crippen LogP contribution in [0.2, 0.25) is 0 Å². The maximum Gasteiger partial charge on any atom is 0.147 e. The maximum atomic E-state index is 9.20. The van der Waals surface area contributed by atoms with Crippen LogP contribution in [0.1, 0.15) is 11.1 Å². The molecule has 1 aromatic carbocycles. The lowest BCUT2D eigenvalue weighted by Gasteiger charge is -2.35. The molecule has 9 nitrogen and oxygen atoms in total. The molecule has 0 saturated carbocycles. The van der Waals surface area contributed by atoms with E-state index in [4.69, 9.17) is 19.8 Å². The van der Waals surface area contributed by atoms with Gasteiger partial charge in [-0.1, -0.05) is 18.2 Å². The van der Waals surface area contributed by atoms with E-state index in [9.17, 15) is 5.26 Å². The molecule has 1 aliphatic heterocycles. The van der Waals surface area contributed by atoms with Crippen molar-refractivity contribution in [3.63, 3.8) is 0 Å². The highest BCUT2D eigenvalue weighted by Gasteiger charge is 2.20. The van der Waals surface area contributed by atoms with E-state index in [0.717, 1.165) is 76.7 Å². The number of methoxy groups -OCH3 is 1. The highest BCUT2D eigenvalue weighted by atomic mass is 16.5. The summed E-state index contributed by atoms with van der Waals surface area (Å²) in [5.41, 5.74) is 6.76. The topological polar surface area (TPSA) is 114 Å². The summed E-state index contributed by atoms with van der Waals surface area (Å²) in [5.74, 6) is 1.58. The third-order valence-electron chi connectivity index (χ3n) is 6.82. The van der Waals surface area contributed by atoms with Crippen LogP contribution in [0.25, 0.3) is 33.5 Å². The summed E-state index contributed by atoms with van der Waals surface area (Å²) in [6.07, 6.45) is 2.19. The average molecular weight is 484 g/mol. The van der Waals surface area contributed by atoms with Crippen LogP contribution < -0.4 is 9.64 Å². The number of aromatic amines is 1. The lowest BCUT2D eigenvalue weighted by molar-refractivity contribution is 0.188. The van der Waals surface area contributed by atoms with Gasteiger partial charge in [0.1, 0.15) is 28.5 Å². The van der Waals surface area contributed by atoms with Crippen LogP contribution in [-0.2, 0) is 6.42 Å². The largest absolute Gasteiger partial charge is 0.494 e. The molecule has 5 rings (SSSR count). The molecule has 0 unspecified atom stereocenters. The van der Waals surface area contributed by atoms with Crippen molar-refractivity contribution < 1.29 is 9.84 Å². The number of nitrogens with zero attached hydrogens (tertiary/aromatic N) is 6. The number of benzene rings is 1. The maximum absolute atomic E-state index is 9.20. The van der Waals surface area contributed by atoms with Gasteiger partial charge in [-0.25, -0.2) is 9.97 Å². The molecule has 0 bridgehead atoms.